The standard InChI is InChI=1S/C30H33N11O10S3/c1-13-5-20(41-19(32-13)7-39(12-42)38-41)53-10-30(28(49)50)9-40-26(48)22(27(40)54-11-30)34-25(47)21(16-8-52-29(31)33-16)37-51-14(2)23(45)35-36-24(46)15-3-4-17(43)18(44)6-15/h3-8,14,22,27,38,42-44H,9-12H2,1-2H3,(H2,31,33)(H,34,47)(H,35,45)(H,36,46)(H,49,50)/t14?,22?,27-,30?/m1/s1. The van der Waals surface area contributed by atoms with Crippen molar-refractivity contribution >= 4 is 81.0 Å². The molecule has 0 saturated carbocycles. The summed E-state index contributed by atoms with van der Waals surface area (Å²) in [5.74, 6) is -4.40. The number of carbonyl (C=O) groups is 5. The molecule has 0 aliphatic carbocycles. The number of rotatable bonds is 12. The van der Waals surface area contributed by atoms with Gasteiger partial charge in [-0.2, -0.15) is 0 Å². The Bertz CT molecular complexity index is 2020. The Labute approximate surface area is 317 Å². The number of thioether (sulfide) groups is 2. The van der Waals surface area contributed by atoms with Gasteiger partial charge < -0.3 is 41.2 Å². The minimum atomic E-state index is -1.37. The molecule has 24 heteroatoms. The molecule has 2 aromatic rings. The number of aliphatic hydroxyl groups is 1. The second-order valence-electron chi connectivity index (χ2n) is 12.2. The zero-order valence-corrected chi connectivity index (χ0v) is 30.7. The highest BCUT2D eigenvalue weighted by Gasteiger charge is 2.57. The molecule has 21 nitrogen and oxygen atoms in total. The molecule has 1 aromatic heterocycles. The van der Waals surface area contributed by atoms with Crippen LogP contribution in [0.3, 0.4) is 0 Å². The predicted molar refractivity (Wildman–Crippen MR) is 195 cm³/mol. The number of carboxylic acids is 1. The number of hydrogen-bond acceptors (Lipinski definition) is 19. The number of phenolic OH excluding ortho intramolecular Hbond substituents is 2. The summed E-state index contributed by atoms with van der Waals surface area (Å²) in [5, 5.41) is 50.0. The second-order valence-corrected chi connectivity index (χ2v) is 15.2. The summed E-state index contributed by atoms with van der Waals surface area (Å²) in [7, 11) is 0. The summed E-state index contributed by atoms with van der Waals surface area (Å²) in [6.07, 6.45) is 2.02. The number of aliphatic carboxylic acids is 1. The summed E-state index contributed by atoms with van der Waals surface area (Å²) in [5.41, 5.74) is 11.8. The molecule has 0 radical (unpaired) electrons. The van der Waals surface area contributed by atoms with Crippen molar-refractivity contribution in [2.75, 3.05) is 30.5 Å². The van der Waals surface area contributed by atoms with Gasteiger partial charge in [0.1, 0.15) is 29.3 Å². The van der Waals surface area contributed by atoms with Crippen molar-refractivity contribution in [1.82, 2.24) is 41.6 Å². The van der Waals surface area contributed by atoms with Crippen LogP contribution in [0.1, 0.15) is 29.9 Å². The van der Waals surface area contributed by atoms with Crippen molar-refractivity contribution in [3.05, 3.63) is 58.0 Å². The SMILES string of the molecule is CC1=NC2=CN(CO)NN2C(SCC2(C(=O)O)CS[C@@H]3C(NC(=O)C(=NOC(C)C(=O)NNC(=O)c4ccc(O)c(O)c4)c4csc(N)n4)C(=O)N3C2)=C1. The molecule has 0 bridgehead atoms. The number of hydrazine groups is 3. The van der Waals surface area contributed by atoms with E-state index in [0.717, 1.165) is 23.5 Å². The van der Waals surface area contributed by atoms with E-state index in [1.807, 2.05) is 0 Å². The van der Waals surface area contributed by atoms with Gasteiger partial charge in [0, 0.05) is 34.7 Å². The van der Waals surface area contributed by atoms with E-state index in [4.69, 9.17) is 10.6 Å². The first-order valence-corrected chi connectivity index (χ1v) is 18.7. The summed E-state index contributed by atoms with van der Waals surface area (Å²) in [6, 6.07) is 2.26. The molecule has 54 heavy (non-hydrogen) atoms. The Balaban J connectivity index is 1.07. The normalized spacial score (nSPS) is 22.5. The van der Waals surface area contributed by atoms with Crippen molar-refractivity contribution in [3.8, 4) is 11.5 Å². The van der Waals surface area contributed by atoms with E-state index >= 15 is 0 Å². The Kier molecular flexibility index (Phi) is 10.9. The van der Waals surface area contributed by atoms with Gasteiger partial charge in [-0.3, -0.25) is 39.8 Å². The molecule has 6 rings (SSSR count). The maximum absolute atomic E-state index is 13.5. The molecule has 4 amide bonds. The van der Waals surface area contributed by atoms with Gasteiger partial charge in [-0.05, 0) is 38.1 Å². The van der Waals surface area contributed by atoms with E-state index in [9.17, 15) is 44.4 Å². The molecular formula is C30H33N11O10S3. The number of anilines is 1. The molecule has 286 valence electrons. The fraction of sp³-hybridized carbons (Fsp3) is 0.333. The molecule has 4 atom stereocenters. The number of β-lactam (4-membered cyclic amide) rings is 1. The maximum atomic E-state index is 13.5. The number of thiazole rings is 1. The number of allylic oxidation sites excluding steroid dienone is 1. The topological polar surface area (TPSA) is 297 Å². The number of nitrogens with zero attached hydrogens (tertiary/aromatic N) is 6. The number of hydrogen-bond donors (Lipinski definition) is 9. The smallest absolute Gasteiger partial charge is 0.313 e. The first kappa shape index (κ1) is 38.2. The number of amides is 4. The van der Waals surface area contributed by atoms with E-state index in [2.05, 4.69) is 36.8 Å². The molecular weight excluding hydrogens is 771 g/mol. The number of carboxylic acid groups (broad SMARTS) is 1. The van der Waals surface area contributed by atoms with E-state index in [1.165, 1.54) is 51.8 Å². The molecule has 2 fully saturated rings. The number of aliphatic hydroxyl groups excluding tert-OH is 1. The van der Waals surface area contributed by atoms with Crippen molar-refractivity contribution in [1.29, 1.82) is 0 Å². The van der Waals surface area contributed by atoms with Gasteiger partial charge in [-0.1, -0.05) is 5.16 Å². The highest BCUT2D eigenvalue weighted by atomic mass is 32.2. The molecule has 3 unspecified atom stereocenters. The lowest BCUT2D eigenvalue weighted by molar-refractivity contribution is -0.157. The Morgan fingerprint density at radius 3 is 2.70 bits per heavy atom. The van der Waals surface area contributed by atoms with Gasteiger partial charge in [0.2, 0.25) is 12.0 Å². The molecule has 0 spiro atoms. The van der Waals surface area contributed by atoms with E-state index in [-0.39, 0.29) is 41.2 Å². The zero-order chi connectivity index (χ0) is 38.9. The first-order chi connectivity index (χ1) is 25.7. The van der Waals surface area contributed by atoms with Crippen molar-refractivity contribution in [2.24, 2.45) is 15.6 Å². The fourth-order valence-corrected chi connectivity index (χ4v) is 8.82. The Hall–Kier alpha value is -5.56. The van der Waals surface area contributed by atoms with Crippen molar-refractivity contribution < 1.29 is 49.2 Å². The summed E-state index contributed by atoms with van der Waals surface area (Å²) >= 11 is 3.47. The monoisotopic (exact) mass is 803 g/mol. The number of aromatic nitrogens is 1. The van der Waals surface area contributed by atoms with Crippen LogP contribution in [0.2, 0.25) is 0 Å². The number of nitrogens with two attached hydrogens (primary N) is 1. The van der Waals surface area contributed by atoms with E-state index < -0.39 is 69.7 Å². The summed E-state index contributed by atoms with van der Waals surface area (Å²) in [4.78, 5) is 79.7. The highest BCUT2D eigenvalue weighted by Crippen LogP contribution is 2.45. The van der Waals surface area contributed by atoms with E-state index in [0.29, 0.717) is 16.6 Å². The Morgan fingerprint density at radius 1 is 1.24 bits per heavy atom. The zero-order valence-electron chi connectivity index (χ0n) is 28.2. The van der Waals surface area contributed by atoms with Crippen LogP contribution in [-0.2, 0) is 24.0 Å². The van der Waals surface area contributed by atoms with Gasteiger partial charge in [-0.25, -0.2) is 15.0 Å². The van der Waals surface area contributed by atoms with Crippen LogP contribution in [0.15, 0.2) is 56.9 Å². The van der Waals surface area contributed by atoms with Gasteiger partial charge >= 0.3 is 5.97 Å². The third-order valence-electron chi connectivity index (χ3n) is 8.29. The first-order valence-electron chi connectivity index (χ1n) is 15.8. The van der Waals surface area contributed by atoms with E-state index in [1.54, 1.807) is 24.2 Å². The lowest BCUT2D eigenvalue weighted by Crippen LogP contribution is -2.74. The van der Waals surface area contributed by atoms with Crippen LogP contribution in [0.4, 0.5) is 5.13 Å². The van der Waals surface area contributed by atoms with Crippen LogP contribution in [0, 0.1) is 5.41 Å². The van der Waals surface area contributed by atoms with Gasteiger partial charge in [0.15, 0.2) is 28.2 Å². The van der Waals surface area contributed by atoms with Gasteiger partial charge in [0.25, 0.3) is 17.7 Å². The number of nitrogens with one attached hydrogen (secondary N) is 4. The quantitative estimate of drug-likeness (QED) is 0.0539. The third-order valence-corrected chi connectivity index (χ3v) is 11.8. The van der Waals surface area contributed by atoms with Gasteiger partial charge in [0.05, 0.1) is 11.2 Å². The number of aromatic hydroxyl groups is 2. The van der Waals surface area contributed by atoms with Crippen molar-refractivity contribution in [2.45, 2.75) is 31.4 Å². The predicted octanol–water partition coefficient (Wildman–Crippen LogP) is -0.987. The minimum absolute atomic E-state index is 0.00482. The molecule has 4 aliphatic rings. The molecule has 4 aliphatic heterocycles. The fourth-order valence-electron chi connectivity index (χ4n) is 5.35. The summed E-state index contributed by atoms with van der Waals surface area (Å²) in [6.45, 7) is 2.65. The number of benzene rings is 1. The number of carbonyl (C=O) groups excluding carboxylic acids is 4. The number of nitrogen functional groups attached to an aromatic ring is 1. The average Bonchev–Trinajstić information content (AvgIpc) is 3.78. The summed E-state index contributed by atoms with van der Waals surface area (Å²) < 4.78 is 0. The van der Waals surface area contributed by atoms with Gasteiger partial charge in [-0.15, -0.1) is 40.4 Å². The molecule has 1 aromatic carbocycles. The average molecular weight is 804 g/mol. The minimum Gasteiger partial charge on any atom is -0.504 e. The van der Waals surface area contributed by atoms with Crippen molar-refractivity contribution in [3.63, 3.8) is 0 Å². The molecule has 10 N–H and O–H groups in total. The largest absolute Gasteiger partial charge is 0.504 e. The van der Waals surface area contributed by atoms with Crippen LogP contribution in [0.25, 0.3) is 0 Å². The highest BCUT2D eigenvalue weighted by molar-refractivity contribution is 8.03. The second kappa shape index (κ2) is 15.4. The van der Waals surface area contributed by atoms with Crippen LogP contribution in [-0.4, -0.2) is 124 Å². The molecule has 5 heterocycles. The third kappa shape index (κ3) is 7.72. The Morgan fingerprint density at radius 2 is 2.02 bits per heavy atom. The lowest BCUT2D eigenvalue weighted by Gasteiger charge is -2.53. The number of phenols is 2. The lowest BCUT2D eigenvalue weighted by atomic mass is 9.89. The number of aliphatic imine (C=N–C) groups is 1. The molecule has 2 saturated heterocycles. The van der Waals surface area contributed by atoms with Crippen LogP contribution in [0.5, 0.6) is 11.5 Å². The number of oxime groups is 1. The number of fused-ring (bicyclic) bond motifs is 2. The van der Waals surface area contributed by atoms with Crippen LogP contribution >= 0.6 is 34.9 Å². The van der Waals surface area contributed by atoms with Crippen LogP contribution < -0.4 is 27.4 Å². The maximum Gasteiger partial charge on any atom is 0.313 e.